The summed E-state index contributed by atoms with van der Waals surface area (Å²) < 4.78 is 3.40. The molecule has 3 aliphatic rings. The quantitative estimate of drug-likeness (QED) is 0.393. The van der Waals surface area contributed by atoms with Crippen LogP contribution in [0.15, 0.2) is 30.0 Å². The van der Waals surface area contributed by atoms with E-state index >= 15 is 0 Å². The highest BCUT2D eigenvalue weighted by Gasteiger charge is 2.37. The molecule has 4 nitrogen and oxygen atoms in total. The minimum absolute atomic E-state index is 0.207. The van der Waals surface area contributed by atoms with Crippen molar-refractivity contribution < 1.29 is 0 Å². The van der Waals surface area contributed by atoms with Crippen LogP contribution in [0.3, 0.4) is 0 Å². The Kier molecular flexibility index (Phi) is 6.57. The van der Waals surface area contributed by atoms with E-state index in [0.717, 1.165) is 18.9 Å². The van der Waals surface area contributed by atoms with Gasteiger partial charge in [-0.05, 0) is 111 Å². The summed E-state index contributed by atoms with van der Waals surface area (Å²) in [7, 11) is 2.02. The first-order chi connectivity index (χ1) is 14.1. The lowest BCUT2D eigenvalue weighted by Crippen LogP contribution is -2.56. The number of likely N-dealkylation sites (tertiary alicyclic amines) is 1. The Morgan fingerprint density at radius 3 is 2.55 bits per heavy atom. The van der Waals surface area contributed by atoms with Crippen molar-refractivity contribution in [2.75, 3.05) is 32.0 Å². The summed E-state index contributed by atoms with van der Waals surface area (Å²) in [4.78, 5) is 2.57. The standard InChI is InChI=1S/C24H36N4S/c1-18(27-29-16-12-24(2)11-15-28(24)14-6-13-25-3)26-23-21-9-4-7-19(21)17-20-8-5-10-22(20)23/h12,16-17,25-27H,1,4-11,13-15H2,2-3H3/b16-12+. The fraction of sp³-hybridized carbons (Fsp3) is 0.583. The zero-order chi connectivity index (χ0) is 20.3. The summed E-state index contributed by atoms with van der Waals surface area (Å²) in [6.45, 7) is 10.0. The predicted molar refractivity (Wildman–Crippen MR) is 126 cm³/mol. The topological polar surface area (TPSA) is 39.3 Å². The Labute approximate surface area is 180 Å². The van der Waals surface area contributed by atoms with Crippen LogP contribution in [0.5, 0.6) is 0 Å². The first-order valence-corrected chi connectivity index (χ1v) is 12.1. The number of hydrogen-bond donors (Lipinski definition) is 3. The van der Waals surface area contributed by atoms with Crippen molar-refractivity contribution in [2.24, 2.45) is 0 Å². The van der Waals surface area contributed by atoms with Gasteiger partial charge in [-0.1, -0.05) is 18.7 Å². The van der Waals surface area contributed by atoms with Crippen LogP contribution in [0.25, 0.3) is 0 Å². The lowest BCUT2D eigenvalue weighted by Gasteiger charge is -2.49. The fourth-order valence-electron chi connectivity index (χ4n) is 5.05. The number of rotatable bonds is 10. The lowest BCUT2D eigenvalue weighted by atomic mass is 9.86. The molecule has 29 heavy (non-hydrogen) atoms. The Balaban J connectivity index is 1.30. The first kappa shape index (κ1) is 20.8. The molecule has 1 aromatic rings. The molecule has 0 amide bonds. The average molecular weight is 413 g/mol. The summed E-state index contributed by atoms with van der Waals surface area (Å²) >= 11 is 1.62. The molecule has 1 fully saturated rings. The van der Waals surface area contributed by atoms with Crippen molar-refractivity contribution in [3.05, 3.63) is 52.2 Å². The first-order valence-electron chi connectivity index (χ1n) is 11.2. The van der Waals surface area contributed by atoms with E-state index in [1.54, 1.807) is 23.1 Å². The van der Waals surface area contributed by atoms with Gasteiger partial charge in [0.15, 0.2) is 0 Å². The molecular weight excluding hydrogens is 376 g/mol. The molecule has 3 N–H and O–H groups in total. The van der Waals surface area contributed by atoms with E-state index in [1.807, 2.05) is 7.05 Å². The molecule has 2 aliphatic carbocycles. The van der Waals surface area contributed by atoms with Crippen LogP contribution in [0.4, 0.5) is 5.69 Å². The zero-order valence-electron chi connectivity index (χ0n) is 18.1. The summed E-state index contributed by atoms with van der Waals surface area (Å²) in [5, 5.41) is 9.06. The second kappa shape index (κ2) is 9.15. The van der Waals surface area contributed by atoms with Crippen LogP contribution in [0.2, 0.25) is 0 Å². The van der Waals surface area contributed by atoms with Gasteiger partial charge in [0.2, 0.25) is 0 Å². The van der Waals surface area contributed by atoms with Crippen LogP contribution in [0.1, 0.15) is 54.9 Å². The van der Waals surface area contributed by atoms with Crippen molar-refractivity contribution in [1.82, 2.24) is 14.9 Å². The van der Waals surface area contributed by atoms with E-state index in [2.05, 4.69) is 51.3 Å². The van der Waals surface area contributed by atoms with Gasteiger partial charge in [0.1, 0.15) is 5.82 Å². The number of hydrogen-bond acceptors (Lipinski definition) is 5. The molecule has 1 heterocycles. The number of anilines is 1. The number of benzene rings is 1. The third kappa shape index (κ3) is 4.52. The molecule has 158 valence electrons. The average Bonchev–Trinajstić information content (AvgIpc) is 3.36. The van der Waals surface area contributed by atoms with E-state index in [-0.39, 0.29) is 5.54 Å². The monoisotopic (exact) mass is 412 g/mol. The molecule has 1 saturated heterocycles. The van der Waals surface area contributed by atoms with Gasteiger partial charge in [0.25, 0.3) is 0 Å². The van der Waals surface area contributed by atoms with Crippen molar-refractivity contribution in [3.8, 4) is 0 Å². The molecule has 1 atom stereocenters. The van der Waals surface area contributed by atoms with Gasteiger partial charge in [-0.3, -0.25) is 4.90 Å². The van der Waals surface area contributed by atoms with E-state index in [4.69, 9.17) is 0 Å². The van der Waals surface area contributed by atoms with Crippen molar-refractivity contribution in [2.45, 2.75) is 63.8 Å². The molecule has 1 aliphatic heterocycles. The lowest BCUT2D eigenvalue weighted by molar-refractivity contribution is 0.0397. The summed E-state index contributed by atoms with van der Waals surface area (Å²) in [6.07, 6.45) is 12.2. The molecule has 0 aromatic heterocycles. The molecule has 5 heteroatoms. The van der Waals surface area contributed by atoms with E-state index < -0.39 is 0 Å². The number of fused-ring (bicyclic) bond motifs is 2. The van der Waals surface area contributed by atoms with Crippen LogP contribution < -0.4 is 15.4 Å². The summed E-state index contributed by atoms with van der Waals surface area (Å²) in [6, 6.07) is 2.48. The van der Waals surface area contributed by atoms with E-state index in [9.17, 15) is 0 Å². The Morgan fingerprint density at radius 1 is 1.21 bits per heavy atom. The van der Waals surface area contributed by atoms with Crippen LogP contribution in [-0.4, -0.2) is 37.1 Å². The highest BCUT2D eigenvalue weighted by atomic mass is 32.2. The molecule has 0 bridgehead atoms. The number of nitrogens with one attached hydrogen (secondary N) is 3. The molecule has 0 radical (unpaired) electrons. The van der Waals surface area contributed by atoms with Crippen LogP contribution >= 0.6 is 11.9 Å². The van der Waals surface area contributed by atoms with Gasteiger partial charge in [-0.25, -0.2) is 0 Å². The zero-order valence-corrected chi connectivity index (χ0v) is 18.9. The Hall–Kier alpha value is -1.43. The summed E-state index contributed by atoms with van der Waals surface area (Å²) in [5.41, 5.74) is 7.76. The fourth-order valence-corrected chi connectivity index (χ4v) is 5.68. The van der Waals surface area contributed by atoms with Crippen LogP contribution in [-0.2, 0) is 25.7 Å². The maximum atomic E-state index is 4.24. The van der Waals surface area contributed by atoms with Crippen LogP contribution in [0, 0.1) is 0 Å². The van der Waals surface area contributed by atoms with Gasteiger partial charge < -0.3 is 15.4 Å². The SMILES string of the molecule is C=C(NS/C=C/C1(C)CCN1CCCNC)Nc1c2c(cc3c1CCC3)CCC2. The highest BCUT2D eigenvalue weighted by molar-refractivity contribution is 8.00. The number of aryl methyl sites for hydroxylation is 2. The molecule has 1 unspecified atom stereocenters. The van der Waals surface area contributed by atoms with Crippen molar-refractivity contribution in [1.29, 1.82) is 0 Å². The highest BCUT2D eigenvalue weighted by Crippen LogP contribution is 2.39. The van der Waals surface area contributed by atoms with E-state index in [1.165, 1.54) is 74.7 Å². The molecular formula is C24H36N4S. The van der Waals surface area contributed by atoms with Crippen molar-refractivity contribution >= 4 is 17.6 Å². The van der Waals surface area contributed by atoms with Gasteiger partial charge in [-0.2, -0.15) is 0 Å². The Morgan fingerprint density at radius 2 is 1.93 bits per heavy atom. The van der Waals surface area contributed by atoms with Gasteiger partial charge in [-0.15, -0.1) is 0 Å². The smallest absolute Gasteiger partial charge is 0.106 e. The predicted octanol–water partition coefficient (Wildman–Crippen LogP) is 4.37. The molecule has 0 spiro atoms. The van der Waals surface area contributed by atoms with Gasteiger partial charge in [0.05, 0.1) is 0 Å². The third-order valence-corrected chi connectivity index (χ3v) is 7.53. The maximum Gasteiger partial charge on any atom is 0.106 e. The van der Waals surface area contributed by atoms with Gasteiger partial charge >= 0.3 is 0 Å². The maximum absolute atomic E-state index is 4.24. The third-order valence-electron chi connectivity index (χ3n) is 6.89. The minimum atomic E-state index is 0.207. The van der Waals surface area contributed by atoms with E-state index in [0.29, 0.717) is 0 Å². The summed E-state index contributed by atoms with van der Waals surface area (Å²) in [5.74, 6) is 0.888. The Bertz CT molecular complexity index is 755. The molecule has 4 rings (SSSR count). The molecule has 1 aromatic carbocycles. The van der Waals surface area contributed by atoms with Crippen molar-refractivity contribution in [3.63, 3.8) is 0 Å². The molecule has 0 saturated carbocycles. The second-order valence-corrected chi connectivity index (χ2v) is 9.62. The van der Waals surface area contributed by atoms with Gasteiger partial charge in [0, 0.05) is 24.3 Å². The number of nitrogens with zero attached hydrogens (tertiary/aromatic N) is 1. The normalized spacial score (nSPS) is 23.1. The minimum Gasteiger partial charge on any atom is -0.341 e. The second-order valence-electron chi connectivity index (χ2n) is 8.91. The largest absolute Gasteiger partial charge is 0.341 e.